The van der Waals surface area contributed by atoms with E-state index in [1.165, 1.54) is 5.56 Å². The number of nitrogens with zero attached hydrogens (tertiary/aromatic N) is 2. The van der Waals surface area contributed by atoms with Crippen LogP contribution in [0, 0.1) is 0 Å². The number of hydrogen-bond acceptors (Lipinski definition) is 3. The topological polar surface area (TPSA) is 37.8 Å². The molecule has 0 amide bonds. The van der Waals surface area contributed by atoms with Crippen LogP contribution < -0.4 is 5.32 Å². The van der Waals surface area contributed by atoms with Crippen LogP contribution in [-0.4, -0.2) is 16.7 Å². The molecule has 0 radical (unpaired) electrons. The summed E-state index contributed by atoms with van der Waals surface area (Å²) in [5.41, 5.74) is 2.45. The van der Waals surface area contributed by atoms with Gasteiger partial charge in [0.1, 0.15) is 0 Å². The molecule has 2 heterocycles. The van der Waals surface area contributed by atoms with E-state index in [1.54, 1.807) is 6.20 Å². The molecule has 58 valence electrons. The molecule has 0 aromatic carbocycles. The van der Waals surface area contributed by atoms with Gasteiger partial charge in [-0.1, -0.05) is 0 Å². The maximum atomic E-state index is 4.09. The molecule has 1 N–H and O–H groups in total. The molecule has 3 heteroatoms. The SMILES string of the molecule is C[C@H]1NCCc2ccnnc21. The summed E-state index contributed by atoms with van der Waals surface area (Å²) in [6.45, 7) is 3.17. The summed E-state index contributed by atoms with van der Waals surface area (Å²) in [6.07, 6.45) is 2.84. The number of nitrogens with one attached hydrogen (secondary N) is 1. The van der Waals surface area contributed by atoms with Gasteiger partial charge in [-0.2, -0.15) is 10.2 Å². The average molecular weight is 149 g/mol. The molecule has 0 fully saturated rings. The van der Waals surface area contributed by atoms with Crippen LogP contribution >= 0.6 is 0 Å². The van der Waals surface area contributed by atoms with Crippen molar-refractivity contribution in [3.63, 3.8) is 0 Å². The Kier molecular flexibility index (Phi) is 1.58. The largest absolute Gasteiger partial charge is 0.308 e. The number of fused-ring (bicyclic) bond motifs is 1. The van der Waals surface area contributed by atoms with Gasteiger partial charge in [0.15, 0.2) is 0 Å². The first kappa shape index (κ1) is 6.73. The van der Waals surface area contributed by atoms with Gasteiger partial charge in [0.2, 0.25) is 0 Å². The molecular weight excluding hydrogens is 138 g/mol. The lowest BCUT2D eigenvalue weighted by Gasteiger charge is -2.21. The van der Waals surface area contributed by atoms with E-state index in [1.807, 2.05) is 0 Å². The third-order valence-electron chi connectivity index (χ3n) is 2.09. The Morgan fingerprint density at radius 1 is 1.64 bits per heavy atom. The summed E-state index contributed by atoms with van der Waals surface area (Å²) in [5, 5.41) is 11.3. The Hall–Kier alpha value is -0.960. The van der Waals surface area contributed by atoms with Gasteiger partial charge in [0, 0.05) is 12.2 Å². The molecule has 0 unspecified atom stereocenters. The van der Waals surface area contributed by atoms with Crippen molar-refractivity contribution in [3.8, 4) is 0 Å². The van der Waals surface area contributed by atoms with Gasteiger partial charge in [0.05, 0.1) is 5.69 Å². The zero-order valence-electron chi connectivity index (χ0n) is 6.54. The molecule has 0 bridgehead atoms. The van der Waals surface area contributed by atoms with Crippen molar-refractivity contribution < 1.29 is 0 Å². The van der Waals surface area contributed by atoms with Gasteiger partial charge in [-0.05, 0) is 31.5 Å². The van der Waals surface area contributed by atoms with Crippen molar-refractivity contribution in [1.29, 1.82) is 0 Å². The lowest BCUT2D eigenvalue weighted by atomic mass is 10.0. The Bertz CT molecular complexity index is 259. The molecule has 11 heavy (non-hydrogen) atoms. The van der Waals surface area contributed by atoms with E-state index in [2.05, 4.69) is 28.5 Å². The van der Waals surface area contributed by atoms with E-state index in [9.17, 15) is 0 Å². The maximum Gasteiger partial charge on any atom is 0.0829 e. The van der Waals surface area contributed by atoms with E-state index in [0.29, 0.717) is 6.04 Å². The highest BCUT2D eigenvalue weighted by atomic mass is 15.1. The molecule has 0 saturated carbocycles. The Labute approximate surface area is 65.8 Å². The minimum atomic E-state index is 0.368. The van der Waals surface area contributed by atoms with Gasteiger partial charge in [-0.25, -0.2) is 0 Å². The number of hydrogen-bond donors (Lipinski definition) is 1. The first-order valence-electron chi connectivity index (χ1n) is 3.92. The van der Waals surface area contributed by atoms with Crippen LogP contribution in [0.25, 0.3) is 0 Å². The predicted molar refractivity (Wildman–Crippen MR) is 42.2 cm³/mol. The highest BCUT2D eigenvalue weighted by molar-refractivity contribution is 5.22. The van der Waals surface area contributed by atoms with Crippen LogP contribution in [0.4, 0.5) is 0 Å². The number of rotatable bonds is 0. The average Bonchev–Trinajstić information content (AvgIpc) is 2.06. The quantitative estimate of drug-likeness (QED) is 0.589. The molecule has 3 nitrogen and oxygen atoms in total. The Morgan fingerprint density at radius 2 is 2.55 bits per heavy atom. The summed E-state index contributed by atoms with van der Waals surface area (Å²) in [6, 6.07) is 2.42. The fourth-order valence-corrected chi connectivity index (χ4v) is 1.46. The van der Waals surface area contributed by atoms with E-state index < -0.39 is 0 Å². The van der Waals surface area contributed by atoms with Gasteiger partial charge < -0.3 is 5.32 Å². The fourth-order valence-electron chi connectivity index (χ4n) is 1.46. The van der Waals surface area contributed by atoms with E-state index in [0.717, 1.165) is 18.7 Å². The van der Waals surface area contributed by atoms with Crippen molar-refractivity contribution in [2.45, 2.75) is 19.4 Å². The van der Waals surface area contributed by atoms with E-state index >= 15 is 0 Å². The van der Waals surface area contributed by atoms with Gasteiger partial charge in [0.25, 0.3) is 0 Å². The lowest BCUT2D eigenvalue weighted by Crippen LogP contribution is -2.28. The molecule has 1 aromatic heterocycles. The van der Waals surface area contributed by atoms with Gasteiger partial charge in [-0.3, -0.25) is 0 Å². The summed E-state index contributed by atoms with van der Waals surface area (Å²) in [7, 11) is 0. The van der Waals surface area contributed by atoms with Crippen LogP contribution in [0.2, 0.25) is 0 Å². The van der Waals surface area contributed by atoms with E-state index in [4.69, 9.17) is 0 Å². The van der Waals surface area contributed by atoms with Crippen LogP contribution in [0.3, 0.4) is 0 Å². The standard InChI is InChI=1S/C8H11N3/c1-6-8-7(2-4-9-6)3-5-10-11-8/h3,5-6,9H,2,4H2,1H3/t6-/m1/s1. The van der Waals surface area contributed by atoms with Crippen LogP contribution in [0.15, 0.2) is 12.3 Å². The first-order chi connectivity index (χ1) is 5.38. The normalized spacial score (nSPS) is 22.8. The zero-order valence-corrected chi connectivity index (χ0v) is 6.54. The van der Waals surface area contributed by atoms with Crippen molar-refractivity contribution in [2.24, 2.45) is 0 Å². The summed E-state index contributed by atoms with van der Waals surface area (Å²) in [4.78, 5) is 0. The molecule has 1 aliphatic rings. The lowest BCUT2D eigenvalue weighted by molar-refractivity contribution is 0.518. The predicted octanol–water partition coefficient (Wildman–Crippen LogP) is 0.683. The molecule has 1 aliphatic heterocycles. The highest BCUT2D eigenvalue weighted by Gasteiger charge is 2.16. The molecule has 2 rings (SSSR count). The smallest absolute Gasteiger partial charge is 0.0829 e. The summed E-state index contributed by atoms with van der Waals surface area (Å²) < 4.78 is 0. The number of aromatic nitrogens is 2. The second-order valence-corrected chi connectivity index (χ2v) is 2.87. The summed E-state index contributed by atoms with van der Waals surface area (Å²) in [5.74, 6) is 0. The zero-order chi connectivity index (χ0) is 7.68. The second-order valence-electron chi connectivity index (χ2n) is 2.87. The third-order valence-corrected chi connectivity index (χ3v) is 2.09. The molecule has 0 aliphatic carbocycles. The van der Waals surface area contributed by atoms with Crippen molar-refractivity contribution in [3.05, 3.63) is 23.5 Å². The maximum absolute atomic E-state index is 4.09. The molecule has 1 atom stereocenters. The third kappa shape index (κ3) is 1.12. The fraction of sp³-hybridized carbons (Fsp3) is 0.500. The molecular formula is C8H11N3. The molecule has 0 saturated heterocycles. The van der Waals surface area contributed by atoms with Gasteiger partial charge in [-0.15, -0.1) is 0 Å². The minimum Gasteiger partial charge on any atom is -0.308 e. The van der Waals surface area contributed by atoms with Crippen molar-refractivity contribution >= 4 is 0 Å². The first-order valence-corrected chi connectivity index (χ1v) is 3.92. The van der Waals surface area contributed by atoms with Crippen LogP contribution in [-0.2, 0) is 6.42 Å². The van der Waals surface area contributed by atoms with Crippen molar-refractivity contribution in [1.82, 2.24) is 15.5 Å². The summed E-state index contributed by atoms with van der Waals surface area (Å²) >= 11 is 0. The van der Waals surface area contributed by atoms with E-state index in [-0.39, 0.29) is 0 Å². The van der Waals surface area contributed by atoms with Gasteiger partial charge >= 0.3 is 0 Å². The Morgan fingerprint density at radius 3 is 3.36 bits per heavy atom. The minimum absolute atomic E-state index is 0.368. The Balaban J connectivity index is 2.44. The van der Waals surface area contributed by atoms with Crippen LogP contribution in [0.1, 0.15) is 24.2 Å². The second kappa shape index (κ2) is 2.58. The highest BCUT2D eigenvalue weighted by Crippen LogP contribution is 2.17. The molecule has 0 spiro atoms. The molecule has 1 aromatic rings. The van der Waals surface area contributed by atoms with Crippen LogP contribution in [0.5, 0.6) is 0 Å². The van der Waals surface area contributed by atoms with Crippen molar-refractivity contribution in [2.75, 3.05) is 6.54 Å². The monoisotopic (exact) mass is 149 g/mol.